The molecular formula is C23H30F2N4O6S. The van der Waals surface area contributed by atoms with Crippen LogP contribution < -0.4 is 9.62 Å². The normalized spacial score (nSPS) is 18.8. The molecule has 2 aromatic rings. The van der Waals surface area contributed by atoms with E-state index in [0.717, 1.165) is 8.87 Å². The molecule has 1 saturated heterocycles. The van der Waals surface area contributed by atoms with Gasteiger partial charge < -0.3 is 24.6 Å². The van der Waals surface area contributed by atoms with Gasteiger partial charge >= 0.3 is 6.09 Å². The van der Waals surface area contributed by atoms with Crippen molar-refractivity contribution in [3.8, 4) is 0 Å². The summed E-state index contributed by atoms with van der Waals surface area (Å²) in [4.78, 5) is 26.7. The molecule has 1 aromatic carbocycles. The van der Waals surface area contributed by atoms with Crippen molar-refractivity contribution in [2.24, 2.45) is 13.0 Å². The number of likely N-dealkylation sites (tertiary alicyclic amines) is 1. The highest BCUT2D eigenvalue weighted by Crippen LogP contribution is 2.33. The van der Waals surface area contributed by atoms with Crippen LogP contribution in [0.15, 0.2) is 24.4 Å². The minimum Gasteiger partial charge on any atom is -0.444 e. The van der Waals surface area contributed by atoms with Gasteiger partial charge in [0, 0.05) is 44.5 Å². The predicted molar refractivity (Wildman–Crippen MR) is 130 cm³/mol. The topological polar surface area (TPSA) is 124 Å². The first kappa shape index (κ1) is 27.6. The van der Waals surface area contributed by atoms with E-state index in [4.69, 9.17) is 4.74 Å². The second-order valence-electron chi connectivity index (χ2n) is 9.66. The van der Waals surface area contributed by atoms with Gasteiger partial charge in [-0.15, -0.1) is 0 Å². The first-order chi connectivity index (χ1) is 16.7. The maximum absolute atomic E-state index is 15.6. The largest absolute Gasteiger partial charge is 0.444 e. The Bertz CT molecular complexity index is 1180. The number of carbonyl (C=O) groups excluding carboxylic acids is 2. The fraction of sp³-hybridized carbons (Fsp3) is 0.478. The lowest BCUT2D eigenvalue weighted by Gasteiger charge is -2.29. The number of hydrogen-bond acceptors (Lipinski definition) is 5. The number of aliphatic hydroxyl groups is 1. The zero-order valence-electron chi connectivity index (χ0n) is 20.6. The molecule has 0 saturated carbocycles. The number of hydrogen-bond donors (Lipinski definition) is 3. The van der Waals surface area contributed by atoms with E-state index in [1.54, 1.807) is 20.8 Å². The maximum atomic E-state index is 15.6. The number of amides is 2. The Morgan fingerprint density at radius 3 is 2.50 bits per heavy atom. The van der Waals surface area contributed by atoms with E-state index in [1.165, 1.54) is 43.3 Å². The van der Waals surface area contributed by atoms with E-state index in [9.17, 15) is 27.8 Å². The number of anilines is 2. The Balaban J connectivity index is 1.91. The minimum absolute atomic E-state index is 0.0233. The van der Waals surface area contributed by atoms with E-state index in [0.29, 0.717) is 0 Å². The van der Waals surface area contributed by atoms with Crippen molar-refractivity contribution in [3.63, 3.8) is 0 Å². The van der Waals surface area contributed by atoms with Crippen LogP contribution in [0.4, 0.5) is 25.0 Å². The average molecular weight is 529 g/mol. The molecule has 0 radical (unpaired) electrons. The molecule has 1 aliphatic heterocycles. The summed E-state index contributed by atoms with van der Waals surface area (Å²) >= 11 is -2.76. The van der Waals surface area contributed by atoms with Gasteiger partial charge in [-0.3, -0.25) is 13.7 Å². The van der Waals surface area contributed by atoms with Crippen LogP contribution in [0.5, 0.6) is 0 Å². The molecular weight excluding hydrogens is 498 g/mol. The van der Waals surface area contributed by atoms with Gasteiger partial charge in [-0.05, 0) is 51.5 Å². The van der Waals surface area contributed by atoms with Crippen LogP contribution in [0.3, 0.4) is 0 Å². The highest BCUT2D eigenvalue weighted by atomic mass is 32.2. The van der Waals surface area contributed by atoms with Crippen LogP contribution in [-0.2, 0) is 23.1 Å². The SMILES string of the molecule is Cc1cc(NC(=O)c2c(F)c(N([C@H]3CN(C(=O)OC(C)(C)C)C[C@@H]3CO)S(=O)O)cn2C)ccc1F. The molecule has 3 rings (SSSR count). The van der Waals surface area contributed by atoms with Gasteiger partial charge in [-0.1, -0.05) is 0 Å². The van der Waals surface area contributed by atoms with Crippen LogP contribution in [0.25, 0.3) is 0 Å². The van der Waals surface area contributed by atoms with Crippen molar-refractivity contribution >= 4 is 34.6 Å². The third kappa shape index (κ3) is 5.85. The zero-order valence-corrected chi connectivity index (χ0v) is 21.4. The second kappa shape index (κ2) is 10.5. The molecule has 1 aromatic heterocycles. The number of aromatic nitrogens is 1. The monoisotopic (exact) mass is 528 g/mol. The molecule has 0 bridgehead atoms. The van der Waals surface area contributed by atoms with E-state index in [2.05, 4.69) is 5.32 Å². The van der Waals surface area contributed by atoms with Crippen LogP contribution in [0, 0.1) is 24.5 Å². The van der Waals surface area contributed by atoms with Crippen molar-refractivity contribution in [3.05, 3.63) is 47.3 Å². The van der Waals surface area contributed by atoms with Crippen molar-refractivity contribution < 1.29 is 37.0 Å². The number of nitrogens with one attached hydrogen (secondary N) is 1. The second-order valence-corrected chi connectivity index (χ2v) is 10.5. The molecule has 3 N–H and O–H groups in total. The molecule has 2 amide bonds. The molecule has 13 heteroatoms. The highest BCUT2D eigenvalue weighted by Gasteiger charge is 2.43. The first-order valence-corrected chi connectivity index (χ1v) is 12.2. The molecule has 0 aliphatic carbocycles. The van der Waals surface area contributed by atoms with Crippen LogP contribution >= 0.6 is 0 Å². The fourth-order valence-corrected chi connectivity index (χ4v) is 4.83. The van der Waals surface area contributed by atoms with Crippen molar-refractivity contribution in [1.29, 1.82) is 0 Å². The Hall–Kier alpha value is -3.03. The quantitative estimate of drug-likeness (QED) is 0.495. The summed E-state index contributed by atoms with van der Waals surface area (Å²) in [6.07, 6.45) is 0.508. The number of aliphatic hydroxyl groups excluding tert-OH is 1. The van der Waals surface area contributed by atoms with E-state index < -0.39 is 64.8 Å². The van der Waals surface area contributed by atoms with Gasteiger partial charge in [0.15, 0.2) is 5.82 Å². The summed E-state index contributed by atoms with van der Waals surface area (Å²) in [5.74, 6) is -3.07. The number of halogens is 2. The predicted octanol–water partition coefficient (Wildman–Crippen LogP) is 3.03. The summed E-state index contributed by atoms with van der Waals surface area (Å²) in [7, 11) is 1.39. The molecule has 36 heavy (non-hydrogen) atoms. The van der Waals surface area contributed by atoms with Crippen molar-refractivity contribution in [2.75, 3.05) is 29.3 Å². The van der Waals surface area contributed by atoms with Gasteiger partial charge in [0.25, 0.3) is 17.2 Å². The fourth-order valence-electron chi connectivity index (χ4n) is 4.06. The van der Waals surface area contributed by atoms with Crippen LogP contribution in [-0.4, -0.2) is 66.7 Å². The lowest BCUT2D eigenvalue weighted by molar-refractivity contribution is 0.0283. The summed E-state index contributed by atoms with van der Waals surface area (Å²) in [6, 6.07) is 2.94. The Labute approximate surface area is 210 Å². The molecule has 2 heterocycles. The lowest BCUT2D eigenvalue weighted by atomic mass is 10.1. The molecule has 1 aliphatic rings. The van der Waals surface area contributed by atoms with Crippen molar-refractivity contribution in [2.45, 2.75) is 39.3 Å². The zero-order chi connectivity index (χ0) is 26.9. The molecule has 0 spiro atoms. The van der Waals surface area contributed by atoms with Gasteiger partial charge in [0.05, 0.1) is 6.04 Å². The smallest absolute Gasteiger partial charge is 0.410 e. The number of carbonyl (C=O) groups is 2. The minimum atomic E-state index is -2.76. The third-order valence-electron chi connectivity index (χ3n) is 5.73. The van der Waals surface area contributed by atoms with Crippen LogP contribution in [0.2, 0.25) is 0 Å². The third-order valence-corrected chi connectivity index (χ3v) is 6.54. The molecule has 1 unspecified atom stereocenters. The molecule has 10 nitrogen and oxygen atoms in total. The first-order valence-electron chi connectivity index (χ1n) is 11.1. The molecule has 1 fully saturated rings. The lowest BCUT2D eigenvalue weighted by Crippen LogP contribution is -2.44. The number of benzene rings is 1. The van der Waals surface area contributed by atoms with Gasteiger partial charge in [0.2, 0.25) is 0 Å². The number of aryl methyl sites for hydroxylation is 2. The summed E-state index contributed by atoms with van der Waals surface area (Å²) < 4.78 is 58.9. The van der Waals surface area contributed by atoms with E-state index >= 15 is 4.39 Å². The number of ether oxygens (including phenoxy) is 1. The number of rotatable bonds is 6. The Kier molecular flexibility index (Phi) is 8.06. The highest BCUT2D eigenvalue weighted by molar-refractivity contribution is 7.80. The average Bonchev–Trinajstić information content (AvgIpc) is 3.30. The summed E-state index contributed by atoms with van der Waals surface area (Å²) in [6.45, 7) is 6.05. The van der Waals surface area contributed by atoms with E-state index in [-0.39, 0.29) is 30.0 Å². The maximum Gasteiger partial charge on any atom is 0.410 e. The van der Waals surface area contributed by atoms with E-state index in [1.807, 2.05) is 0 Å². The van der Waals surface area contributed by atoms with Gasteiger partial charge in [-0.25, -0.2) is 17.8 Å². The molecule has 3 atom stereocenters. The van der Waals surface area contributed by atoms with Gasteiger partial charge in [0.1, 0.15) is 22.8 Å². The van der Waals surface area contributed by atoms with Crippen LogP contribution in [0.1, 0.15) is 36.8 Å². The standard InChI is InChI=1S/C23H30F2N4O6S/c1-13-8-15(6-7-16(13)24)26-21(31)20-19(25)18(10-27(20)5)29(36(33)34)17-11-28(9-14(17)12-30)22(32)35-23(2,3)4/h6-8,10,14,17,30H,9,11-12H2,1-5H3,(H,26,31)(H,33,34)/t14-,17+/m1/s1. The Morgan fingerprint density at radius 1 is 1.28 bits per heavy atom. The number of nitrogens with zero attached hydrogens (tertiary/aromatic N) is 3. The van der Waals surface area contributed by atoms with Gasteiger partial charge in [-0.2, -0.15) is 0 Å². The summed E-state index contributed by atoms with van der Waals surface area (Å²) in [5, 5.41) is 12.4. The Morgan fingerprint density at radius 2 is 1.94 bits per heavy atom. The summed E-state index contributed by atoms with van der Waals surface area (Å²) in [5.41, 5.74) is -1.03. The molecule has 198 valence electrons. The van der Waals surface area contributed by atoms with Crippen molar-refractivity contribution in [1.82, 2.24) is 9.47 Å².